The summed E-state index contributed by atoms with van der Waals surface area (Å²) in [4.78, 5) is 11.4. The molecule has 1 aliphatic rings. The van der Waals surface area contributed by atoms with Gasteiger partial charge in [0.25, 0.3) is 0 Å². The number of fused-ring (bicyclic) bond motifs is 1. The molecule has 0 spiro atoms. The van der Waals surface area contributed by atoms with E-state index in [-0.39, 0.29) is 18.6 Å². The molecular weight excluding hydrogens is 234 g/mol. The number of esters is 1. The number of carbonyl (C=O) groups is 1. The highest BCUT2D eigenvalue weighted by atomic mass is 16.6. The number of carbonyl (C=O) groups excluding carboxylic acids is 1. The fourth-order valence-electron chi connectivity index (χ4n) is 1.63. The van der Waals surface area contributed by atoms with Gasteiger partial charge in [-0.25, -0.2) is 0 Å². The first-order valence-corrected chi connectivity index (χ1v) is 5.98. The van der Waals surface area contributed by atoms with Gasteiger partial charge in [-0.3, -0.25) is 4.79 Å². The fourth-order valence-corrected chi connectivity index (χ4v) is 1.63. The second kappa shape index (κ2) is 5.62. The summed E-state index contributed by atoms with van der Waals surface area (Å²) in [5.41, 5.74) is 0.806. The molecule has 0 saturated carbocycles. The zero-order valence-corrected chi connectivity index (χ0v) is 10.6. The van der Waals surface area contributed by atoms with Crippen LogP contribution in [0.3, 0.4) is 0 Å². The molecule has 0 fully saturated rings. The van der Waals surface area contributed by atoms with E-state index < -0.39 is 0 Å². The Bertz CT molecular complexity index is 431. The van der Waals surface area contributed by atoms with E-state index in [0.29, 0.717) is 19.0 Å². The Labute approximate surface area is 106 Å². The molecule has 0 unspecified atom stereocenters. The van der Waals surface area contributed by atoms with Crippen LogP contribution in [0.15, 0.2) is 18.2 Å². The third-order valence-electron chi connectivity index (χ3n) is 2.35. The average molecular weight is 251 g/mol. The highest BCUT2D eigenvalue weighted by Crippen LogP contribution is 2.32. The lowest BCUT2D eigenvalue weighted by molar-refractivity contribution is -0.145. The topological polar surface area (TPSA) is 56.8 Å². The molecule has 1 heterocycles. The van der Waals surface area contributed by atoms with Gasteiger partial charge in [0, 0.05) is 11.8 Å². The summed E-state index contributed by atoms with van der Waals surface area (Å²) < 4.78 is 15.9. The highest BCUT2D eigenvalue weighted by molar-refractivity contribution is 5.75. The minimum Gasteiger partial charge on any atom is -0.486 e. The first-order chi connectivity index (χ1) is 8.65. The molecule has 1 aromatic rings. The molecule has 18 heavy (non-hydrogen) atoms. The molecule has 0 bridgehead atoms. The normalized spacial score (nSPS) is 13.3. The van der Waals surface area contributed by atoms with E-state index in [1.165, 1.54) is 0 Å². The van der Waals surface area contributed by atoms with Crippen LogP contribution in [0.2, 0.25) is 0 Å². The van der Waals surface area contributed by atoms with Gasteiger partial charge in [-0.15, -0.1) is 0 Å². The molecule has 0 saturated heterocycles. The molecule has 0 aromatic heterocycles. The molecule has 2 rings (SSSR count). The monoisotopic (exact) mass is 251 g/mol. The molecular formula is C13H17NO4. The SMILES string of the molecule is CC(C)OC(=O)CNc1ccc2c(c1)OCCO2. The lowest BCUT2D eigenvalue weighted by Crippen LogP contribution is -2.20. The summed E-state index contributed by atoms with van der Waals surface area (Å²) in [6.45, 7) is 4.90. The summed E-state index contributed by atoms with van der Waals surface area (Å²) in [7, 11) is 0. The van der Waals surface area contributed by atoms with Crippen molar-refractivity contribution in [3.8, 4) is 11.5 Å². The van der Waals surface area contributed by atoms with Gasteiger partial charge in [-0.1, -0.05) is 0 Å². The maximum atomic E-state index is 11.4. The summed E-state index contributed by atoms with van der Waals surface area (Å²) in [6, 6.07) is 5.48. The number of benzene rings is 1. The van der Waals surface area contributed by atoms with Crippen LogP contribution in [-0.4, -0.2) is 31.8 Å². The van der Waals surface area contributed by atoms with Crippen LogP contribution < -0.4 is 14.8 Å². The molecule has 5 heteroatoms. The van der Waals surface area contributed by atoms with Crippen molar-refractivity contribution in [2.24, 2.45) is 0 Å². The van der Waals surface area contributed by atoms with Gasteiger partial charge < -0.3 is 19.5 Å². The molecule has 0 atom stereocenters. The van der Waals surface area contributed by atoms with Crippen molar-refractivity contribution in [3.05, 3.63) is 18.2 Å². The number of ether oxygens (including phenoxy) is 3. The van der Waals surface area contributed by atoms with E-state index in [4.69, 9.17) is 14.2 Å². The van der Waals surface area contributed by atoms with Crippen molar-refractivity contribution in [3.63, 3.8) is 0 Å². The molecule has 5 nitrogen and oxygen atoms in total. The van der Waals surface area contributed by atoms with Gasteiger partial charge in [0.2, 0.25) is 0 Å². The predicted octanol–water partition coefficient (Wildman–Crippen LogP) is 1.82. The zero-order chi connectivity index (χ0) is 13.0. The highest BCUT2D eigenvalue weighted by Gasteiger charge is 2.12. The number of anilines is 1. The van der Waals surface area contributed by atoms with Gasteiger partial charge in [0.1, 0.15) is 19.8 Å². The second-order valence-electron chi connectivity index (χ2n) is 4.25. The van der Waals surface area contributed by atoms with Crippen LogP contribution in [0, 0.1) is 0 Å². The van der Waals surface area contributed by atoms with Crippen molar-refractivity contribution in [2.45, 2.75) is 20.0 Å². The Morgan fingerprint density at radius 1 is 1.33 bits per heavy atom. The van der Waals surface area contributed by atoms with Crippen LogP contribution in [0.4, 0.5) is 5.69 Å². The largest absolute Gasteiger partial charge is 0.486 e. The molecule has 1 aromatic carbocycles. The molecule has 0 amide bonds. The van der Waals surface area contributed by atoms with Gasteiger partial charge in [0.15, 0.2) is 11.5 Å². The van der Waals surface area contributed by atoms with Crippen molar-refractivity contribution in [1.82, 2.24) is 0 Å². The van der Waals surface area contributed by atoms with Crippen LogP contribution in [0.25, 0.3) is 0 Å². The number of hydrogen-bond acceptors (Lipinski definition) is 5. The predicted molar refractivity (Wildman–Crippen MR) is 67.1 cm³/mol. The van der Waals surface area contributed by atoms with Crippen molar-refractivity contribution < 1.29 is 19.0 Å². The Morgan fingerprint density at radius 2 is 2.06 bits per heavy atom. The smallest absolute Gasteiger partial charge is 0.325 e. The Kier molecular flexibility index (Phi) is 3.92. The lowest BCUT2D eigenvalue weighted by atomic mass is 10.2. The quantitative estimate of drug-likeness (QED) is 0.827. The molecule has 0 aliphatic carbocycles. The minimum absolute atomic E-state index is 0.0976. The average Bonchev–Trinajstić information content (AvgIpc) is 2.35. The number of rotatable bonds is 4. The van der Waals surface area contributed by atoms with Crippen molar-refractivity contribution >= 4 is 11.7 Å². The second-order valence-corrected chi connectivity index (χ2v) is 4.25. The molecule has 98 valence electrons. The van der Waals surface area contributed by atoms with E-state index in [9.17, 15) is 4.79 Å². The van der Waals surface area contributed by atoms with Gasteiger partial charge in [0.05, 0.1) is 6.10 Å². The summed E-state index contributed by atoms with van der Waals surface area (Å²) in [5, 5.41) is 2.99. The van der Waals surface area contributed by atoms with Crippen LogP contribution in [0.1, 0.15) is 13.8 Å². The van der Waals surface area contributed by atoms with E-state index in [1.807, 2.05) is 32.0 Å². The number of hydrogen-bond donors (Lipinski definition) is 1. The molecule has 1 N–H and O–H groups in total. The number of nitrogens with one attached hydrogen (secondary N) is 1. The summed E-state index contributed by atoms with van der Waals surface area (Å²) in [5.74, 6) is 1.15. The Balaban J connectivity index is 1.92. The minimum atomic E-state index is -0.278. The van der Waals surface area contributed by atoms with E-state index in [0.717, 1.165) is 11.4 Å². The summed E-state index contributed by atoms with van der Waals surface area (Å²) in [6.07, 6.45) is -0.0976. The van der Waals surface area contributed by atoms with Crippen LogP contribution in [-0.2, 0) is 9.53 Å². The third-order valence-corrected chi connectivity index (χ3v) is 2.35. The molecule has 0 radical (unpaired) electrons. The summed E-state index contributed by atoms with van der Waals surface area (Å²) >= 11 is 0. The van der Waals surface area contributed by atoms with Crippen molar-refractivity contribution in [1.29, 1.82) is 0 Å². The maximum absolute atomic E-state index is 11.4. The molecule has 1 aliphatic heterocycles. The first kappa shape index (κ1) is 12.5. The van der Waals surface area contributed by atoms with E-state index in [2.05, 4.69) is 5.32 Å². The van der Waals surface area contributed by atoms with Crippen LogP contribution >= 0.6 is 0 Å². The van der Waals surface area contributed by atoms with E-state index in [1.54, 1.807) is 0 Å². The first-order valence-electron chi connectivity index (χ1n) is 5.98. The third kappa shape index (κ3) is 3.29. The lowest BCUT2D eigenvalue weighted by Gasteiger charge is -2.19. The maximum Gasteiger partial charge on any atom is 0.325 e. The van der Waals surface area contributed by atoms with E-state index >= 15 is 0 Å². The van der Waals surface area contributed by atoms with Crippen molar-refractivity contribution in [2.75, 3.05) is 25.1 Å². The fraction of sp³-hybridized carbons (Fsp3) is 0.462. The van der Waals surface area contributed by atoms with Gasteiger partial charge >= 0.3 is 5.97 Å². The van der Waals surface area contributed by atoms with Gasteiger partial charge in [-0.05, 0) is 26.0 Å². The Hall–Kier alpha value is -1.91. The van der Waals surface area contributed by atoms with Gasteiger partial charge in [-0.2, -0.15) is 0 Å². The van der Waals surface area contributed by atoms with Crippen LogP contribution in [0.5, 0.6) is 11.5 Å². The zero-order valence-electron chi connectivity index (χ0n) is 10.6. The Morgan fingerprint density at radius 3 is 2.78 bits per heavy atom. The standard InChI is InChI=1S/C13H17NO4/c1-9(2)18-13(15)8-14-10-3-4-11-12(7-10)17-6-5-16-11/h3-4,7,9,14H,5-6,8H2,1-2H3.